The summed E-state index contributed by atoms with van der Waals surface area (Å²) in [6.07, 6.45) is 1.35. The molecular formula is C19H22N4O4S. The third-order valence-corrected chi connectivity index (χ3v) is 5.45. The Morgan fingerprint density at radius 3 is 2.43 bits per heavy atom. The standard InChI is InChI=1S/C19H22N4O4S/c20-28(26,27)17-10-4-9-16(12-17)21-18(24)14-6-5-11-23(13-14)19(25)22-15-7-2-1-3-8-15/h1-4,7-10,12,14H,5-6,11,13H2,(H,21,24)(H,22,25)(H2,20,26,27)/t14-/m0/s1. The first-order chi connectivity index (χ1) is 13.3. The molecule has 0 radical (unpaired) electrons. The Morgan fingerprint density at radius 2 is 1.71 bits per heavy atom. The molecule has 8 nitrogen and oxygen atoms in total. The summed E-state index contributed by atoms with van der Waals surface area (Å²) >= 11 is 0. The Morgan fingerprint density at radius 1 is 1.00 bits per heavy atom. The van der Waals surface area contributed by atoms with Crippen LogP contribution < -0.4 is 15.8 Å². The van der Waals surface area contributed by atoms with Crippen LogP contribution in [0, 0.1) is 5.92 Å². The summed E-state index contributed by atoms with van der Waals surface area (Å²) in [5.74, 6) is -0.641. The number of nitrogens with one attached hydrogen (secondary N) is 2. The van der Waals surface area contributed by atoms with Crippen LogP contribution in [0.2, 0.25) is 0 Å². The van der Waals surface area contributed by atoms with E-state index in [0.717, 1.165) is 0 Å². The number of anilines is 2. The van der Waals surface area contributed by atoms with Crippen molar-refractivity contribution in [2.45, 2.75) is 17.7 Å². The smallest absolute Gasteiger partial charge is 0.321 e. The summed E-state index contributed by atoms with van der Waals surface area (Å²) in [5, 5.41) is 10.7. The van der Waals surface area contributed by atoms with Gasteiger partial charge in [-0.15, -0.1) is 0 Å². The topological polar surface area (TPSA) is 122 Å². The highest BCUT2D eigenvalue weighted by Crippen LogP contribution is 2.21. The molecule has 3 rings (SSSR count). The van der Waals surface area contributed by atoms with Crippen molar-refractivity contribution in [1.29, 1.82) is 0 Å². The van der Waals surface area contributed by atoms with Gasteiger partial charge in [-0.3, -0.25) is 4.79 Å². The SMILES string of the molecule is NS(=O)(=O)c1cccc(NC(=O)[C@H]2CCCN(C(=O)Nc3ccccc3)C2)c1. The first-order valence-electron chi connectivity index (χ1n) is 8.87. The number of rotatable bonds is 4. The monoisotopic (exact) mass is 402 g/mol. The molecule has 28 heavy (non-hydrogen) atoms. The van der Waals surface area contributed by atoms with Crippen molar-refractivity contribution in [2.75, 3.05) is 23.7 Å². The van der Waals surface area contributed by atoms with E-state index in [-0.39, 0.29) is 22.8 Å². The molecule has 0 aliphatic carbocycles. The maximum absolute atomic E-state index is 12.6. The highest BCUT2D eigenvalue weighted by molar-refractivity contribution is 7.89. The molecule has 4 N–H and O–H groups in total. The van der Waals surface area contributed by atoms with Crippen molar-refractivity contribution in [2.24, 2.45) is 11.1 Å². The van der Waals surface area contributed by atoms with Crippen molar-refractivity contribution >= 4 is 33.3 Å². The van der Waals surface area contributed by atoms with E-state index in [4.69, 9.17) is 5.14 Å². The summed E-state index contributed by atoms with van der Waals surface area (Å²) in [4.78, 5) is 26.6. The molecule has 1 saturated heterocycles. The molecule has 0 bridgehead atoms. The van der Waals surface area contributed by atoms with Gasteiger partial charge in [0.2, 0.25) is 15.9 Å². The summed E-state index contributed by atoms with van der Waals surface area (Å²) in [6.45, 7) is 0.864. The molecule has 148 valence electrons. The van der Waals surface area contributed by atoms with Gasteiger partial charge in [-0.25, -0.2) is 18.4 Å². The van der Waals surface area contributed by atoms with Crippen LogP contribution >= 0.6 is 0 Å². The first-order valence-corrected chi connectivity index (χ1v) is 10.4. The molecule has 3 amide bonds. The van der Waals surface area contributed by atoms with Crippen LogP contribution in [-0.4, -0.2) is 38.3 Å². The fourth-order valence-electron chi connectivity index (χ4n) is 3.09. The van der Waals surface area contributed by atoms with E-state index in [1.54, 1.807) is 23.1 Å². The fourth-order valence-corrected chi connectivity index (χ4v) is 3.65. The van der Waals surface area contributed by atoms with Gasteiger partial charge in [0.05, 0.1) is 10.8 Å². The molecule has 0 unspecified atom stereocenters. The Hall–Kier alpha value is -2.91. The lowest BCUT2D eigenvalue weighted by Gasteiger charge is -2.32. The summed E-state index contributed by atoms with van der Waals surface area (Å²) < 4.78 is 22.9. The van der Waals surface area contributed by atoms with E-state index in [1.807, 2.05) is 18.2 Å². The molecule has 1 fully saturated rings. The molecule has 1 aliphatic heterocycles. The summed E-state index contributed by atoms with van der Waals surface area (Å²) in [6, 6.07) is 14.6. The maximum Gasteiger partial charge on any atom is 0.321 e. The summed E-state index contributed by atoms with van der Waals surface area (Å²) in [5.41, 5.74) is 1.04. The van der Waals surface area contributed by atoms with Gasteiger partial charge < -0.3 is 15.5 Å². The maximum atomic E-state index is 12.6. The Kier molecular flexibility index (Phi) is 5.96. The second-order valence-corrected chi connectivity index (χ2v) is 8.20. The Bertz CT molecular complexity index is 963. The van der Waals surface area contributed by atoms with Crippen LogP contribution in [0.15, 0.2) is 59.5 Å². The number of hydrogen-bond donors (Lipinski definition) is 3. The number of primary sulfonamides is 1. The lowest BCUT2D eigenvalue weighted by Crippen LogP contribution is -2.45. The number of carbonyl (C=O) groups is 2. The average Bonchev–Trinajstić information content (AvgIpc) is 2.68. The van der Waals surface area contributed by atoms with Gasteiger partial charge in [-0.1, -0.05) is 24.3 Å². The van der Waals surface area contributed by atoms with Crippen molar-refractivity contribution in [3.8, 4) is 0 Å². The summed E-state index contributed by atoms with van der Waals surface area (Å²) in [7, 11) is -3.85. The average molecular weight is 402 g/mol. The minimum absolute atomic E-state index is 0.0715. The number of urea groups is 1. The molecule has 2 aromatic rings. The zero-order valence-electron chi connectivity index (χ0n) is 15.2. The van der Waals surface area contributed by atoms with Crippen molar-refractivity contribution in [3.05, 3.63) is 54.6 Å². The van der Waals surface area contributed by atoms with E-state index < -0.39 is 10.0 Å². The minimum atomic E-state index is -3.85. The predicted octanol–water partition coefficient (Wildman–Crippen LogP) is 2.22. The second kappa shape index (κ2) is 8.41. The first kappa shape index (κ1) is 19.8. The predicted molar refractivity (Wildman–Crippen MR) is 106 cm³/mol. The number of piperidine rings is 1. The van der Waals surface area contributed by atoms with Crippen LogP contribution in [-0.2, 0) is 14.8 Å². The number of para-hydroxylation sites is 1. The van der Waals surface area contributed by atoms with Gasteiger partial charge in [0.25, 0.3) is 0 Å². The van der Waals surface area contributed by atoms with Gasteiger partial charge in [-0.05, 0) is 43.2 Å². The number of hydrogen-bond acceptors (Lipinski definition) is 4. The fraction of sp³-hybridized carbons (Fsp3) is 0.263. The molecule has 1 aliphatic rings. The lowest BCUT2D eigenvalue weighted by atomic mass is 9.97. The zero-order valence-corrected chi connectivity index (χ0v) is 16.0. The Balaban J connectivity index is 1.62. The van der Waals surface area contributed by atoms with E-state index >= 15 is 0 Å². The number of amides is 3. The largest absolute Gasteiger partial charge is 0.326 e. The molecular weight excluding hydrogens is 380 g/mol. The van der Waals surface area contributed by atoms with Gasteiger partial charge in [0.15, 0.2) is 0 Å². The van der Waals surface area contributed by atoms with Gasteiger partial charge in [0, 0.05) is 24.5 Å². The van der Waals surface area contributed by atoms with Crippen molar-refractivity contribution in [3.63, 3.8) is 0 Å². The van der Waals surface area contributed by atoms with E-state index in [0.29, 0.717) is 37.3 Å². The van der Waals surface area contributed by atoms with E-state index in [9.17, 15) is 18.0 Å². The second-order valence-electron chi connectivity index (χ2n) is 6.64. The third-order valence-electron chi connectivity index (χ3n) is 4.53. The van der Waals surface area contributed by atoms with Crippen LogP contribution in [0.3, 0.4) is 0 Å². The van der Waals surface area contributed by atoms with E-state index in [2.05, 4.69) is 10.6 Å². The third kappa shape index (κ3) is 5.08. The number of nitrogens with two attached hydrogens (primary N) is 1. The minimum Gasteiger partial charge on any atom is -0.326 e. The number of likely N-dealkylation sites (tertiary alicyclic amines) is 1. The van der Waals surface area contributed by atoms with Crippen LogP contribution in [0.1, 0.15) is 12.8 Å². The Labute approximate surface area is 163 Å². The van der Waals surface area contributed by atoms with Crippen molar-refractivity contribution in [1.82, 2.24) is 4.90 Å². The highest BCUT2D eigenvalue weighted by atomic mass is 32.2. The quantitative estimate of drug-likeness (QED) is 0.726. The zero-order chi connectivity index (χ0) is 20.1. The number of sulfonamides is 1. The van der Waals surface area contributed by atoms with Gasteiger partial charge in [0.1, 0.15) is 0 Å². The molecule has 0 aromatic heterocycles. The van der Waals surface area contributed by atoms with Gasteiger partial charge in [-0.2, -0.15) is 0 Å². The molecule has 9 heteroatoms. The molecule has 1 atom stereocenters. The molecule has 0 spiro atoms. The number of nitrogens with zero attached hydrogens (tertiary/aromatic N) is 1. The molecule has 2 aromatic carbocycles. The van der Waals surface area contributed by atoms with Crippen molar-refractivity contribution < 1.29 is 18.0 Å². The van der Waals surface area contributed by atoms with Gasteiger partial charge >= 0.3 is 6.03 Å². The van der Waals surface area contributed by atoms with E-state index in [1.165, 1.54) is 18.2 Å². The highest BCUT2D eigenvalue weighted by Gasteiger charge is 2.28. The number of carbonyl (C=O) groups excluding carboxylic acids is 2. The van der Waals surface area contributed by atoms with Crippen LogP contribution in [0.25, 0.3) is 0 Å². The molecule has 1 heterocycles. The normalized spacial score (nSPS) is 17.0. The van der Waals surface area contributed by atoms with Crippen LogP contribution in [0.5, 0.6) is 0 Å². The molecule has 0 saturated carbocycles. The van der Waals surface area contributed by atoms with Crippen LogP contribution in [0.4, 0.5) is 16.2 Å². The number of benzene rings is 2. The lowest BCUT2D eigenvalue weighted by molar-refractivity contribution is -0.121.